The van der Waals surface area contributed by atoms with Gasteiger partial charge in [0.2, 0.25) is 10.0 Å². The van der Waals surface area contributed by atoms with Crippen molar-refractivity contribution in [1.82, 2.24) is 4.31 Å². The highest BCUT2D eigenvalue weighted by molar-refractivity contribution is 7.89. The summed E-state index contributed by atoms with van der Waals surface area (Å²) in [4.78, 5) is 15.4. The van der Waals surface area contributed by atoms with Crippen LogP contribution in [0.15, 0.2) is 40.6 Å². The van der Waals surface area contributed by atoms with Crippen molar-refractivity contribution in [2.75, 3.05) is 31.5 Å². The normalized spacial score (nSPS) is 19.4. The summed E-state index contributed by atoms with van der Waals surface area (Å²) in [5, 5.41) is 5.02. The molecule has 6 nitrogen and oxygen atoms in total. The molecule has 0 aliphatic carbocycles. The van der Waals surface area contributed by atoms with Crippen LogP contribution >= 0.6 is 11.3 Å². The number of quaternary nitrogens is 1. The van der Waals surface area contributed by atoms with Crippen LogP contribution in [0.25, 0.3) is 0 Å². The second-order valence-electron chi connectivity index (χ2n) is 7.02. The number of carbonyl (C=O) groups excluding carboxylic acids is 1. The van der Waals surface area contributed by atoms with Crippen molar-refractivity contribution >= 4 is 33.0 Å². The predicted octanol–water partition coefficient (Wildman–Crippen LogP) is 1.92. The van der Waals surface area contributed by atoms with Gasteiger partial charge in [-0.05, 0) is 42.6 Å². The predicted molar refractivity (Wildman–Crippen MR) is 112 cm³/mol. The first-order chi connectivity index (χ1) is 13.4. The van der Waals surface area contributed by atoms with Gasteiger partial charge in [-0.2, -0.15) is 4.31 Å². The molecule has 1 aromatic heterocycles. The summed E-state index contributed by atoms with van der Waals surface area (Å²) in [5.74, 6) is -0.0557. The molecule has 28 heavy (non-hydrogen) atoms. The van der Waals surface area contributed by atoms with Gasteiger partial charge in [0.1, 0.15) is 6.04 Å². The minimum atomic E-state index is -3.48. The number of nitrogens with one attached hydrogen (secondary N) is 2. The van der Waals surface area contributed by atoms with Crippen LogP contribution in [-0.4, -0.2) is 44.8 Å². The fourth-order valence-corrected chi connectivity index (χ4v) is 6.16. The van der Waals surface area contributed by atoms with Crippen LogP contribution in [0.5, 0.6) is 0 Å². The van der Waals surface area contributed by atoms with Crippen molar-refractivity contribution < 1.29 is 18.1 Å². The average molecular weight is 423 g/mol. The zero-order chi connectivity index (χ0) is 20.3. The number of fused-ring (bicyclic) bond motifs is 1. The van der Waals surface area contributed by atoms with Gasteiger partial charge in [0.05, 0.1) is 11.4 Å². The maximum atomic E-state index is 12.5. The molecule has 0 fully saturated rings. The molecule has 3 rings (SSSR count). The highest BCUT2D eigenvalue weighted by Crippen LogP contribution is 2.24. The summed E-state index contributed by atoms with van der Waals surface area (Å²) in [5.41, 5.74) is 1.97. The Kier molecular flexibility index (Phi) is 6.54. The number of benzene rings is 1. The number of hydrogen-bond donors (Lipinski definition) is 2. The fourth-order valence-electron chi connectivity index (χ4n) is 3.73. The van der Waals surface area contributed by atoms with E-state index in [1.807, 2.05) is 13.8 Å². The van der Waals surface area contributed by atoms with Crippen LogP contribution < -0.4 is 10.2 Å². The first-order valence-corrected chi connectivity index (χ1v) is 12.0. The number of thiophene rings is 1. The van der Waals surface area contributed by atoms with Gasteiger partial charge in [-0.25, -0.2) is 8.42 Å². The first kappa shape index (κ1) is 21.0. The number of hydrogen-bond acceptors (Lipinski definition) is 4. The summed E-state index contributed by atoms with van der Waals surface area (Å²) < 4.78 is 26.5. The molecule has 1 aliphatic heterocycles. The van der Waals surface area contributed by atoms with Gasteiger partial charge >= 0.3 is 0 Å². The molecule has 2 heterocycles. The van der Waals surface area contributed by atoms with Gasteiger partial charge in [-0.15, -0.1) is 11.3 Å². The highest BCUT2D eigenvalue weighted by Gasteiger charge is 2.29. The fraction of sp³-hybridized carbons (Fsp3) is 0.450. The van der Waals surface area contributed by atoms with Gasteiger partial charge < -0.3 is 10.2 Å². The largest absolute Gasteiger partial charge is 0.321 e. The molecule has 1 aliphatic rings. The number of anilines is 1. The Bertz CT molecular complexity index is 918. The van der Waals surface area contributed by atoms with Crippen molar-refractivity contribution in [3.05, 3.63) is 46.2 Å². The zero-order valence-electron chi connectivity index (χ0n) is 16.6. The lowest BCUT2D eigenvalue weighted by Crippen LogP contribution is -3.14. The average Bonchev–Trinajstić information content (AvgIpc) is 3.15. The summed E-state index contributed by atoms with van der Waals surface area (Å²) in [6, 6.07) is 8.88. The van der Waals surface area contributed by atoms with Gasteiger partial charge in [0.25, 0.3) is 5.91 Å². The molecule has 0 bridgehead atoms. The van der Waals surface area contributed by atoms with Crippen LogP contribution in [0.3, 0.4) is 0 Å². The van der Waals surface area contributed by atoms with Crippen LogP contribution in [0.1, 0.15) is 37.3 Å². The lowest BCUT2D eigenvalue weighted by Gasteiger charge is -2.29. The molecule has 152 valence electrons. The van der Waals surface area contributed by atoms with Gasteiger partial charge in [-0.3, -0.25) is 4.79 Å². The molecule has 0 spiro atoms. The Morgan fingerprint density at radius 2 is 1.89 bits per heavy atom. The van der Waals surface area contributed by atoms with E-state index in [0.29, 0.717) is 31.4 Å². The minimum Gasteiger partial charge on any atom is -0.321 e. The Morgan fingerprint density at radius 1 is 1.21 bits per heavy atom. The molecule has 0 radical (unpaired) electrons. The van der Waals surface area contributed by atoms with Crippen LogP contribution in [0.4, 0.5) is 5.69 Å². The SMILES string of the molecule is CCN(CC)S(=O)(=O)c1ccc(NC(=O)C[NH+]2CCc3sccc3[C@@H]2C)cc1. The van der Waals surface area contributed by atoms with Crippen molar-refractivity contribution in [2.45, 2.75) is 38.1 Å². The first-order valence-electron chi connectivity index (χ1n) is 9.67. The van der Waals surface area contributed by atoms with E-state index < -0.39 is 10.0 Å². The third-order valence-corrected chi connectivity index (χ3v) is 8.46. The molecule has 1 amide bonds. The van der Waals surface area contributed by atoms with E-state index in [9.17, 15) is 13.2 Å². The molecule has 2 atom stereocenters. The standard InChI is InChI=1S/C20H27N3O3S2/c1-4-23(5-2)28(25,26)17-8-6-16(7-9-17)21-20(24)14-22-12-10-19-18(15(22)3)11-13-27-19/h6-9,11,13,15H,4-5,10,12,14H2,1-3H3,(H,21,24)/p+1/t15-/m0/s1. The molecular weight excluding hydrogens is 394 g/mol. The maximum absolute atomic E-state index is 12.5. The van der Waals surface area contributed by atoms with Crippen molar-refractivity contribution in [3.8, 4) is 0 Å². The molecule has 1 aromatic carbocycles. The Morgan fingerprint density at radius 3 is 2.54 bits per heavy atom. The van der Waals surface area contributed by atoms with E-state index in [1.165, 1.54) is 19.6 Å². The minimum absolute atomic E-state index is 0.0557. The van der Waals surface area contributed by atoms with E-state index in [0.717, 1.165) is 13.0 Å². The van der Waals surface area contributed by atoms with Crippen LogP contribution in [0, 0.1) is 0 Å². The van der Waals surface area contributed by atoms with Crippen molar-refractivity contribution in [3.63, 3.8) is 0 Å². The molecule has 0 saturated carbocycles. The van der Waals surface area contributed by atoms with E-state index in [-0.39, 0.29) is 10.8 Å². The third-order valence-electron chi connectivity index (χ3n) is 5.40. The molecule has 0 saturated heterocycles. The lowest BCUT2D eigenvalue weighted by atomic mass is 10.0. The van der Waals surface area contributed by atoms with Gasteiger partial charge in [0, 0.05) is 35.6 Å². The van der Waals surface area contributed by atoms with Crippen LogP contribution in [0.2, 0.25) is 0 Å². The Labute approximate surface area is 171 Å². The van der Waals surface area contributed by atoms with Gasteiger partial charge in [0.15, 0.2) is 6.54 Å². The number of carbonyl (C=O) groups is 1. The van der Waals surface area contributed by atoms with E-state index in [2.05, 4.69) is 23.7 Å². The second-order valence-corrected chi connectivity index (χ2v) is 9.96. The highest BCUT2D eigenvalue weighted by atomic mass is 32.2. The third kappa shape index (κ3) is 4.30. The quantitative estimate of drug-likeness (QED) is 0.716. The molecule has 8 heteroatoms. The topological polar surface area (TPSA) is 70.9 Å². The summed E-state index contributed by atoms with van der Waals surface area (Å²) in [6.07, 6.45) is 1.01. The summed E-state index contributed by atoms with van der Waals surface area (Å²) >= 11 is 1.79. The number of amides is 1. The smallest absolute Gasteiger partial charge is 0.279 e. The van der Waals surface area contributed by atoms with E-state index >= 15 is 0 Å². The summed E-state index contributed by atoms with van der Waals surface area (Å²) in [6.45, 7) is 8.01. The zero-order valence-corrected chi connectivity index (χ0v) is 18.2. The summed E-state index contributed by atoms with van der Waals surface area (Å²) in [7, 11) is -3.48. The number of nitrogens with zero attached hydrogens (tertiary/aromatic N) is 1. The van der Waals surface area contributed by atoms with E-state index in [4.69, 9.17) is 0 Å². The molecule has 2 aromatic rings. The Balaban J connectivity index is 1.62. The van der Waals surface area contributed by atoms with Crippen molar-refractivity contribution in [1.29, 1.82) is 0 Å². The monoisotopic (exact) mass is 422 g/mol. The molecule has 1 unspecified atom stereocenters. The Hall–Kier alpha value is -1.74. The maximum Gasteiger partial charge on any atom is 0.279 e. The lowest BCUT2D eigenvalue weighted by molar-refractivity contribution is -0.923. The second kappa shape index (κ2) is 8.73. The van der Waals surface area contributed by atoms with Crippen LogP contribution in [-0.2, 0) is 21.2 Å². The number of rotatable bonds is 7. The van der Waals surface area contributed by atoms with Gasteiger partial charge in [-0.1, -0.05) is 13.8 Å². The van der Waals surface area contributed by atoms with E-state index in [1.54, 1.807) is 35.6 Å². The molecular formula is C20H28N3O3S2+. The molecule has 2 N–H and O–H groups in total. The number of sulfonamides is 1. The van der Waals surface area contributed by atoms with Crippen molar-refractivity contribution in [2.24, 2.45) is 0 Å².